The Morgan fingerprint density at radius 3 is 2.89 bits per heavy atom. The molecule has 104 valence electrons. The summed E-state index contributed by atoms with van der Waals surface area (Å²) in [5, 5.41) is 2.91. The summed E-state index contributed by atoms with van der Waals surface area (Å²) >= 11 is 0. The molecule has 0 saturated carbocycles. The van der Waals surface area contributed by atoms with E-state index in [2.05, 4.69) is 15.2 Å². The van der Waals surface area contributed by atoms with Gasteiger partial charge in [-0.25, -0.2) is 0 Å². The highest BCUT2D eigenvalue weighted by Gasteiger charge is 2.17. The second-order valence-corrected chi connectivity index (χ2v) is 5.16. The van der Waals surface area contributed by atoms with Gasteiger partial charge in [-0.05, 0) is 31.9 Å². The molecule has 5 heteroatoms. The van der Waals surface area contributed by atoms with E-state index < -0.39 is 0 Å². The van der Waals surface area contributed by atoms with Crippen molar-refractivity contribution in [2.45, 2.75) is 32.4 Å². The average Bonchev–Trinajstić information content (AvgIpc) is 2.39. The van der Waals surface area contributed by atoms with Crippen molar-refractivity contribution in [2.24, 2.45) is 5.73 Å². The van der Waals surface area contributed by atoms with Crippen LogP contribution in [0.2, 0.25) is 0 Å². The van der Waals surface area contributed by atoms with Crippen molar-refractivity contribution in [3.05, 3.63) is 29.6 Å². The molecule has 19 heavy (non-hydrogen) atoms. The summed E-state index contributed by atoms with van der Waals surface area (Å²) in [5.41, 5.74) is 7.71. The molecule has 0 bridgehead atoms. The van der Waals surface area contributed by atoms with E-state index in [0.717, 1.165) is 37.3 Å². The molecule has 0 atom stereocenters. The van der Waals surface area contributed by atoms with Gasteiger partial charge in [-0.15, -0.1) is 0 Å². The van der Waals surface area contributed by atoms with Crippen molar-refractivity contribution in [3.63, 3.8) is 0 Å². The lowest BCUT2D eigenvalue weighted by molar-refractivity contribution is -0.122. The summed E-state index contributed by atoms with van der Waals surface area (Å²) in [6.45, 7) is 4.73. The Bertz CT molecular complexity index is 427. The first-order chi connectivity index (χ1) is 9.13. The molecular formula is C14H22N4O. The number of likely N-dealkylation sites (tertiary alicyclic amines) is 1. The van der Waals surface area contributed by atoms with Crippen molar-refractivity contribution in [1.82, 2.24) is 15.2 Å². The molecule has 3 N–H and O–H groups in total. The van der Waals surface area contributed by atoms with Gasteiger partial charge < -0.3 is 11.1 Å². The summed E-state index contributed by atoms with van der Waals surface area (Å²) in [4.78, 5) is 18.4. The van der Waals surface area contributed by atoms with Crippen LogP contribution < -0.4 is 11.1 Å². The summed E-state index contributed by atoms with van der Waals surface area (Å²) in [6, 6.07) is 6.13. The van der Waals surface area contributed by atoms with E-state index in [0.29, 0.717) is 19.1 Å². The molecule has 0 spiro atoms. The number of hydrogen-bond acceptors (Lipinski definition) is 4. The fourth-order valence-electron chi connectivity index (χ4n) is 2.26. The molecule has 0 aromatic carbocycles. The predicted molar refractivity (Wildman–Crippen MR) is 74.5 cm³/mol. The zero-order valence-corrected chi connectivity index (χ0v) is 11.4. The first-order valence-electron chi connectivity index (χ1n) is 6.80. The van der Waals surface area contributed by atoms with E-state index in [1.165, 1.54) is 0 Å². The van der Waals surface area contributed by atoms with Gasteiger partial charge in [-0.3, -0.25) is 14.7 Å². The number of amides is 1. The second-order valence-electron chi connectivity index (χ2n) is 5.16. The topological polar surface area (TPSA) is 71.2 Å². The number of carbonyl (C=O) groups is 1. The van der Waals surface area contributed by atoms with E-state index in [1.807, 2.05) is 25.1 Å². The van der Waals surface area contributed by atoms with Gasteiger partial charge >= 0.3 is 0 Å². The van der Waals surface area contributed by atoms with Crippen molar-refractivity contribution in [3.8, 4) is 0 Å². The van der Waals surface area contributed by atoms with Crippen molar-refractivity contribution >= 4 is 5.91 Å². The largest absolute Gasteiger partial charge is 0.349 e. The maximum Gasteiger partial charge on any atom is 0.234 e. The van der Waals surface area contributed by atoms with Crippen LogP contribution in [0.3, 0.4) is 0 Å². The minimum absolute atomic E-state index is 0.0544. The van der Waals surface area contributed by atoms with Crippen LogP contribution in [-0.4, -0.2) is 41.5 Å². The molecule has 5 nitrogen and oxygen atoms in total. The number of aryl methyl sites for hydroxylation is 1. The highest BCUT2D eigenvalue weighted by atomic mass is 16.2. The Kier molecular flexibility index (Phi) is 4.87. The molecule has 1 saturated heterocycles. The quantitative estimate of drug-likeness (QED) is 0.825. The third-order valence-corrected chi connectivity index (χ3v) is 3.41. The highest BCUT2D eigenvalue weighted by molar-refractivity contribution is 5.77. The van der Waals surface area contributed by atoms with E-state index in [4.69, 9.17) is 5.73 Å². The van der Waals surface area contributed by atoms with Crippen LogP contribution in [0.4, 0.5) is 0 Å². The Balaban J connectivity index is 1.73. The number of aromatic nitrogens is 1. The van der Waals surface area contributed by atoms with Crippen LogP contribution in [0.5, 0.6) is 0 Å². The zero-order chi connectivity index (χ0) is 13.7. The number of pyridine rings is 1. The van der Waals surface area contributed by atoms with Crippen LogP contribution in [0.25, 0.3) is 0 Å². The summed E-state index contributed by atoms with van der Waals surface area (Å²) < 4.78 is 0. The average molecular weight is 262 g/mol. The summed E-state index contributed by atoms with van der Waals surface area (Å²) in [6.07, 6.45) is 1.96. The Morgan fingerprint density at radius 1 is 1.47 bits per heavy atom. The molecule has 1 amide bonds. The van der Waals surface area contributed by atoms with E-state index in [9.17, 15) is 4.79 Å². The predicted octanol–water partition coefficient (Wildman–Crippen LogP) is 0.429. The molecule has 0 unspecified atom stereocenters. The van der Waals surface area contributed by atoms with Gasteiger partial charge in [0.1, 0.15) is 0 Å². The molecule has 1 aromatic rings. The second kappa shape index (κ2) is 6.63. The summed E-state index contributed by atoms with van der Waals surface area (Å²) in [7, 11) is 0. The Labute approximate surface area is 114 Å². The Morgan fingerprint density at radius 2 is 2.21 bits per heavy atom. The molecular weight excluding hydrogens is 240 g/mol. The zero-order valence-electron chi connectivity index (χ0n) is 11.4. The molecule has 1 aliphatic heterocycles. The van der Waals surface area contributed by atoms with Gasteiger partial charge in [0, 0.05) is 24.8 Å². The number of nitrogens with zero attached hydrogens (tertiary/aromatic N) is 2. The van der Waals surface area contributed by atoms with Crippen LogP contribution >= 0.6 is 0 Å². The van der Waals surface area contributed by atoms with Crippen molar-refractivity contribution in [1.29, 1.82) is 0 Å². The molecule has 0 radical (unpaired) electrons. The fraction of sp³-hybridized carbons (Fsp3) is 0.571. The van der Waals surface area contributed by atoms with Gasteiger partial charge in [0.05, 0.1) is 18.8 Å². The van der Waals surface area contributed by atoms with Gasteiger partial charge in [-0.1, -0.05) is 6.07 Å². The molecule has 1 aliphatic rings. The Hall–Kier alpha value is -1.46. The standard InChI is InChI=1S/C14H22N4O/c1-11-3-2-4-13(17-11)9-16-14(19)10-18-7-5-12(15)6-8-18/h2-4,12H,5-10,15H2,1H3,(H,16,19). The first-order valence-corrected chi connectivity index (χ1v) is 6.80. The number of carbonyl (C=O) groups excluding carboxylic acids is 1. The molecule has 2 heterocycles. The highest BCUT2D eigenvalue weighted by Crippen LogP contribution is 2.07. The lowest BCUT2D eigenvalue weighted by Gasteiger charge is -2.29. The van der Waals surface area contributed by atoms with Gasteiger partial charge in [0.15, 0.2) is 0 Å². The smallest absolute Gasteiger partial charge is 0.234 e. The van der Waals surface area contributed by atoms with Crippen LogP contribution in [0, 0.1) is 6.92 Å². The third kappa shape index (κ3) is 4.61. The van der Waals surface area contributed by atoms with Gasteiger partial charge in [-0.2, -0.15) is 0 Å². The number of nitrogens with two attached hydrogens (primary N) is 1. The first kappa shape index (κ1) is 14.0. The van der Waals surface area contributed by atoms with E-state index in [-0.39, 0.29) is 5.91 Å². The van der Waals surface area contributed by atoms with Crippen LogP contribution in [0.1, 0.15) is 24.2 Å². The third-order valence-electron chi connectivity index (χ3n) is 3.41. The van der Waals surface area contributed by atoms with Crippen LogP contribution in [0.15, 0.2) is 18.2 Å². The number of nitrogens with one attached hydrogen (secondary N) is 1. The van der Waals surface area contributed by atoms with Crippen molar-refractivity contribution in [2.75, 3.05) is 19.6 Å². The lowest BCUT2D eigenvalue weighted by atomic mass is 10.1. The van der Waals surface area contributed by atoms with Crippen LogP contribution in [-0.2, 0) is 11.3 Å². The minimum Gasteiger partial charge on any atom is -0.349 e. The molecule has 0 aliphatic carbocycles. The minimum atomic E-state index is 0.0544. The molecule has 1 fully saturated rings. The van der Waals surface area contributed by atoms with E-state index in [1.54, 1.807) is 0 Å². The summed E-state index contributed by atoms with van der Waals surface area (Å²) in [5.74, 6) is 0.0544. The number of rotatable bonds is 4. The van der Waals surface area contributed by atoms with E-state index >= 15 is 0 Å². The number of piperidine rings is 1. The maximum atomic E-state index is 11.8. The normalized spacial score (nSPS) is 17.4. The van der Waals surface area contributed by atoms with Gasteiger partial charge in [0.25, 0.3) is 0 Å². The monoisotopic (exact) mass is 262 g/mol. The lowest BCUT2D eigenvalue weighted by Crippen LogP contribution is -2.44. The van der Waals surface area contributed by atoms with Gasteiger partial charge in [0.2, 0.25) is 5.91 Å². The molecule has 2 rings (SSSR count). The SMILES string of the molecule is Cc1cccc(CNC(=O)CN2CCC(N)CC2)n1. The van der Waals surface area contributed by atoms with Crippen molar-refractivity contribution < 1.29 is 4.79 Å². The molecule has 1 aromatic heterocycles. The number of hydrogen-bond donors (Lipinski definition) is 2. The maximum absolute atomic E-state index is 11.8. The fourth-order valence-corrected chi connectivity index (χ4v) is 2.26.